The summed E-state index contributed by atoms with van der Waals surface area (Å²) in [5.74, 6) is -0.216. The van der Waals surface area contributed by atoms with E-state index in [9.17, 15) is 4.79 Å². The SMILES string of the molecule is O=C(Cn1cc(-c2ccccc2)nn1)NOC1CCCC1. The van der Waals surface area contributed by atoms with Crippen molar-refractivity contribution in [1.82, 2.24) is 20.5 Å². The number of hydrogen-bond donors (Lipinski definition) is 1. The molecule has 110 valence electrons. The third-order valence-electron chi connectivity index (χ3n) is 3.56. The van der Waals surface area contributed by atoms with Crippen LogP contribution in [0.2, 0.25) is 0 Å². The Kier molecular flexibility index (Phi) is 4.25. The summed E-state index contributed by atoms with van der Waals surface area (Å²) in [7, 11) is 0. The lowest BCUT2D eigenvalue weighted by molar-refractivity contribution is -0.139. The number of hydrogen-bond acceptors (Lipinski definition) is 4. The molecular formula is C15H18N4O2. The highest BCUT2D eigenvalue weighted by atomic mass is 16.7. The zero-order valence-electron chi connectivity index (χ0n) is 11.7. The Labute approximate surface area is 123 Å². The van der Waals surface area contributed by atoms with E-state index in [0.29, 0.717) is 0 Å². The van der Waals surface area contributed by atoms with Crippen LogP contribution in [-0.2, 0) is 16.2 Å². The molecule has 2 aromatic rings. The first-order valence-corrected chi connectivity index (χ1v) is 7.21. The van der Waals surface area contributed by atoms with Gasteiger partial charge >= 0.3 is 0 Å². The number of nitrogens with one attached hydrogen (secondary N) is 1. The molecule has 0 atom stereocenters. The molecule has 1 heterocycles. The fourth-order valence-electron chi connectivity index (χ4n) is 2.45. The van der Waals surface area contributed by atoms with Crippen molar-refractivity contribution in [2.75, 3.05) is 0 Å². The molecular weight excluding hydrogens is 268 g/mol. The number of hydroxylamine groups is 1. The van der Waals surface area contributed by atoms with Gasteiger partial charge in [-0.25, -0.2) is 10.2 Å². The molecule has 1 aromatic heterocycles. The van der Waals surface area contributed by atoms with Gasteiger partial charge in [0.1, 0.15) is 12.2 Å². The Morgan fingerprint density at radius 3 is 2.81 bits per heavy atom. The van der Waals surface area contributed by atoms with E-state index in [2.05, 4.69) is 15.8 Å². The van der Waals surface area contributed by atoms with E-state index in [1.165, 1.54) is 17.5 Å². The maximum atomic E-state index is 11.8. The number of amides is 1. The van der Waals surface area contributed by atoms with Gasteiger partial charge in [-0.3, -0.25) is 9.63 Å². The van der Waals surface area contributed by atoms with Crippen LogP contribution in [0, 0.1) is 0 Å². The lowest BCUT2D eigenvalue weighted by Gasteiger charge is -2.10. The molecule has 1 aliphatic rings. The summed E-state index contributed by atoms with van der Waals surface area (Å²) < 4.78 is 1.51. The van der Waals surface area contributed by atoms with E-state index < -0.39 is 0 Å². The van der Waals surface area contributed by atoms with Crippen molar-refractivity contribution in [3.8, 4) is 11.3 Å². The number of benzene rings is 1. The molecule has 0 aliphatic heterocycles. The Morgan fingerprint density at radius 2 is 2.05 bits per heavy atom. The fourth-order valence-corrected chi connectivity index (χ4v) is 2.45. The Hall–Kier alpha value is -2.21. The summed E-state index contributed by atoms with van der Waals surface area (Å²) in [6.45, 7) is 0.104. The van der Waals surface area contributed by atoms with Crippen LogP contribution in [0.3, 0.4) is 0 Å². The number of aromatic nitrogens is 3. The van der Waals surface area contributed by atoms with Crippen molar-refractivity contribution in [1.29, 1.82) is 0 Å². The average molecular weight is 286 g/mol. The first-order chi connectivity index (χ1) is 10.3. The van der Waals surface area contributed by atoms with Gasteiger partial charge < -0.3 is 0 Å². The van der Waals surface area contributed by atoms with Crippen molar-refractivity contribution in [3.63, 3.8) is 0 Å². The van der Waals surface area contributed by atoms with Crippen molar-refractivity contribution in [3.05, 3.63) is 36.5 Å². The minimum atomic E-state index is -0.216. The van der Waals surface area contributed by atoms with Crippen LogP contribution in [0.5, 0.6) is 0 Å². The molecule has 21 heavy (non-hydrogen) atoms. The number of nitrogens with zero attached hydrogens (tertiary/aromatic N) is 3. The van der Waals surface area contributed by atoms with Gasteiger partial charge in [0.25, 0.3) is 5.91 Å². The largest absolute Gasteiger partial charge is 0.271 e. The summed E-state index contributed by atoms with van der Waals surface area (Å²) >= 11 is 0. The van der Waals surface area contributed by atoms with Gasteiger partial charge in [0.2, 0.25) is 0 Å². The third kappa shape index (κ3) is 3.66. The summed E-state index contributed by atoms with van der Waals surface area (Å²) in [6, 6.07) is 9.74. The second-order valence-electron chi connectivity index (χ2n) is 5.22. The Morgan fingerprint density at radius 1 is 1.29 bits per heavy atom. The van der Waals surface area contributed by atoms with Crippen molar-refractivity contribution >= 4 is 5.91 Å². The van der Waals surface area contributed by atoms with Crippen molar-refractivity contribution in [2.45, 2.75) is 38.3 Å². The molecule has 1 N–H and O–H groups in total. The zero-order chi connectivity index (χ0) is 14.5. The van der Waals surface area contributed by atoms with E-state index in [4.69, 9.17) is 4.84 Å². The second kappa shape index (κ2) is 6.49. The van der Waals surface area contributed by atoms with Gasteiger partial charge in [-0.15, -0.1) is 5.10 Å². The Bertz CT molecular complexity index is 591. The van der Waals surface area contributed by atoms with Gasteiger partial charge in [0.05, 0.1) is 12.3 Å². The standard InChI is InChI=1S/C15H18N4O2/c20-15(17-21-13-8-4-5-9-13)11-19-10-14(16-18-19)12-6-2-1-3-7-12/h1-3,6-7,10,13H,4-5,8-9,11H2,(H,17,20). The van der Waals surface area contributed by atoms with Crippen LogP contribution in [0.15, 0.2) is 36.5 Å². The number of carbonyl (C=O) groups is 1. The predicted molar refractivity (Wildman–Crippen MR) is 76.9 cm³/mol. The molecule has 1 amide bonds. The highest BCUT2D eigenvalue weighted by Crippen LogP contribution is 2.19. The van der Waals surface area contributed by atoms with Crippen molar-refractivity contribution in [2.24, 2.45) is 0 Å². The van der Waals surface area contributed by atoms with Crippen LogP contribution in [-0.4, -0.2) is 27.0 Å². The Balaban J connectivity index is 1.53. The average Bonchev–Trinajstić information content (AvgIpc) is 3.17. The normalized spacial score (nSPS) is 15.2. The summed E-state index contributed by atoms with van der Waals surface area (Å²) in [5, 5.41) is 8.03. The molecule has 1 aliphatic carbocycles. The molecule has 6 nitrogen and oxygen atoms in total. The first kappa shape index (κ1) is 13.8. The molecule has 0 unspecified atom stereocenters. The molecule has 1 saturated carbocycles. The lowest BCUT2D eigenvalue weighted by Crippen LogP contribution is -2.31. The maximum Gasteiger partial charge on any atom is 0.265 e. The minimum absolute atomic E-state index is 0.104. The quantitative estimate of drug-likeness (QED) is 0.853. The van der Waals surface area contributed by atoms with Gasteiger partial charge in [-0.05, 0) is 12.8 Å². The molecule has 0 radical (unpaired) electrons. The summed E-state index contributed by atoms with van der Waals surface area (Å²) in [6.07, 6.45) is 6.28. The number of rotatable bonds is 5. The molecule has 6 heteroatoms. The van der Waals surface area contributed by atoms with Crippen LogP contribution in [0.1, 0.15) is 25.7 Å². The van der Waals surface area contributed by atoms with E-state index >= 15 is 0 Å². The van der Waals surface area contributed by atoms with Crippen LogP contribution in [0.25, 0.3) is 11.3 Å². The van der Waals surface area contributed by atoms with Crippen LogP contribution < -0.4 is 5.48 Å². The van der Waals surface area contributed by atoms with E-state index in [1.54, 1.807) is 6.20 Å². The summed E-state index contributed by atoms with van der Waals surface area (Å²) in [5.41, 5.74) is 4.22. The van der Waals surface area contributed by atoms with E-state index in [0.717, 1.165) is 24.1 Å². The van der Waals surface area contributed by atoms with E-state index in [1.807, 2.05) is 30.3 Å². The molecule has 0 saturated heterocycles. The van der Waals surface area contributed by atoms with E-state index in [-0.39, 0.29) is 18.6 Å². The highest BCUT2D eigenvalue weighted by Gasteiger charge is 2.17. The van der Waals surface area contributed by atoms with Gasteiger partial charge in [0, 0.05) is 5.56 Å². The predicted octanol–water partition coefficient (Wildman–Crippen LogP) is 1.94. The number of carbonyl (C=O) groups excluding carboxylic acids is 1. The lowest BCUT2D eigenvalue weighted by atomic mass is 10.2. The topological polar surface area (TPSA) is 69.0 Å². The molecule has 0 spiro atoms. The highest BCUT2D eigenvalue weighted by molar-refractivity contribution is 5.74. The molecule has 1 aromatic carbocycles. The monoisotopic (exact) mass is 286 g/mol. The smallest absolute Gasteiger partial charge is 0.265 e. The zero-order valence-corrected chi connectivity index (χ0v) is 11.7. The van der Waals surface area contributed by atoms with Crippen LogP contribution >= 0.6 is 0 Å². The van der Waals surface area contributed by atoms with Gasteiger partial charge in [-0.1, -0.05) is 48.4 Å². The fraction of sp³-hybridized carbons (Fsp3) is 0.400. The van der Waals surface area contributed by atoms with Crippen LogP contribution in [0.4, 0.5) is 0 Å². The van der Waals surface area contributed by atoms with Gasteiger partial charge in [0.15, 0.2) is 0 Å². The minimum Gasteiger partial charge on any atom is -0.271 e. The third-order valence-corrected chi connectivity index (χ3v) is 3.56. The van der Waals surface area contributed by atoms with Crippen molar-refractivity contribution < 1.29 is 9.63 Å². The molecule has 1 fully saturated rings. The first-order valence-electron chi connectivity index (χ1n) is 7.21. The second-order valence-corrected chi connectivity index (χ2v) is 5.22. The molecule has 3 rings (SSSR count). The van der Waals surface area contributed by atoms with Gasteiger partial charge in [-0.2, -0.15) is 0 Å². The maximum absolute atomic E-state index is 11.8. The molecule has 0 bridgehead atoms. The summed E-state index contributed by atoms with van der Waals surface area (Å²) in [4.78, 5) is 17.2.